The third kappa shape index (κ3) is 0.913. The van der Waals surface area contributed by atoms with Crippen LogP contribution in [0.2, 0.25) is 0 Å². The van der Waals surface area contributed by atoms with Crippen LogP contribution < -0.4 is 0 Å². The van der Waals surface area contributed by atoms with Gasteiger partial charge in [0.15, 0.2) is 0 Å². The van der Waals surface area contributed by atoms with Crippen molar-refractivity contribution in [3.63, 3.8) is 0 Å². The number of nitrogens with zero attached hydrogens (tertiary/aromatic N) is 2. The van der Waals surface area contributed by atoms with E-state index in [1.54, 1.807) is 11.0 Å². The number of amidine groups is 1. The van der Waals surface area contributed by atoms with E-state index in [2.05, 4.69) is 11.6 Å². The Hall–Kier alpha value is -1.32. The van der Waals surface area contributed by atoms with E-state index in [4.69, 9.17) is 4.74 Å². The molecule has 1 amide bonds. The molecule has 0 N–H and O–H groups in total. The predicted octanol–water partition coefficient (Wildman–Crippen LogP) is 0.795. The quantitative estimate of drug-likeness (QED) is 0.540. The van der Waals surface area contributed by atoms with Crippen LogP contribution in [0.15, 0.2) is 17.6 Å². The number of carbonyl (C=O) groups is 1. The molecule has 0 aromatic carbocycles. The van der Waals surface area contributed by atoms with Crippen LogP contribution in [0.1, 0.15) is 6.42 Å². The molecule has 12 heavy (non-hydrogen) atoms. The van der Waals surface area contributed by atoms with Gasteiger partial charge in [-0.1, -0.05) is 6.08 Å². The van der Waals surface area contributed by atoms with Crippen molar-refractivity contribution < 1.29 is 9.53 Å². The highest BCUT2D eigenvalue weighted by Crippen LogP contribution is 2.18. The Morgan fingerprint density at radius 1 is 1.75 bits per heavy atom. The summed E-state index contributed by atoms with van der Waals surface area (Å²) < 4.78 is 4.86. The fraction of sp³-hybridized carbons (Fsp3) is 0.500. The molecule has 4 nitrogen and oxygen atoms in total. The summed E-state index contributed by atoms with van der Waals surface area (Å²) >= 11 is 0. The van der Waals surface area contributed by atoms with Gasteiger partial charge in [-0.25, -0.2) is 4.79 Å². The number of aliphatic imine (C=N–C) groups is 1. The lowest BCUT2D eigenvalue weighted by molar-refractivity contribution is 0.168. The third-order valence-electron chi connectivity index (χ3n) is 2.09. The molecule has 1 saturated heterocycles. The molecule has 4 heteroatoms. The van der Waals surface area contributed by atoms with Crippen LogP contribution in [0.3, 0.4) is 0 Å². The third-order valence-corrected chi connectivity index (χ3v) is 2.09. The molecule has 2 rings (SSSR count). The lowest BCUT2D eigenvalue weighted by Gasteiger charge is -2.24. The molecule has 1 fully saturated rings. The Morgan fingerprint density at radius 2 is 2.50 bits per heavy atom. The molecule has 0 aromatic rings. The number of amides is 1. The maximum Gasteiger partial charge on any atom is 0.415 e. The van der Waals surface area contributed by atoms with Crippen LogP contribution in [0.4, 0.5) is 4.79 Å². The van der Waals surface area contributed by atoms with Gasteiger partial charge < -0.3 is 4.74 Å². The highest BCUT2D eigenvalue weighted by Gasteiger charge is 2.35. The number of cyclic esters (lactones) is 1. The second kappa shape index (κ2) is 2.62. The predicted molar refractivity (Wildman–Crippen MR) is 44.1 cm³/mol. The molecule has 2 heterocycles. The van der Waals surface area contributed by atoms with E-state index in [0.29, 0.717) is 6.61 Å². The van der Waals surface area contributed by atoms with E-state index in [0.717, 1.165) is 18.8 Å². The van der Waals surface area contributed by atoms with Crippen LogP contribution in [-0.4, -0.2) is 36.0 Å². The zero-order valence-electron chi connectivity index (χ0n) is 6.69. The molecule has 0 aromatic heterocycles. The minimum absolute atomic E-state index is 0.0171. The topological polar surface area (TPSA) is 41.9 Å². The Balaban J connectivity index is 2.18. The van der Waals surface area contributed by atoms with Gasteiger partial charge in [0, 0.05) is 13.0 Å². The van der Waals surface area contributed by atoms with E-state index in [1.807, 2.05) is 0 Å². The number of hydrogen-bond acceptors (Lipinski definition) is 3. The zero-order valence-corrected chi connectivity index (χ0v) is 6.69. The van der Waals surface area contributed by atoms with Crippen molar-refractivity contribution in [2.45, 2.75) is 12.5 Å². The summed E-state index contributed by atoms with van der Waals surface area (Å²) in [5.41, 5.74) is 0. The van der Waals surface area contributed by atoms with Gasteiger partial charge in [-0.05, 0) is 0 Å². The van der Waals surface area contributed by atoms with Gasteiger partial charge in [0.25, 0.3) is 0 Å². The van der Waals surface area contributed by atoms with Gasteiger partial charge in [-0.15, -0.1) is 6.58 Å². The van der Waals surface area contributed by atoms with E-state index < -0.39 is 0 Å². The minimum atomic E-state index is -0.293. The number of hydrogen-bond donors (Lipinski definition) is 0. The summed E-state index contributed by atoms with van der Waals surface area (Å²) in [5.74, 6) is 0.836. The van der Waals surface area contributed by atoms with Crippen molar-refractivity contribution in [2.75, 3.05) is 13.2 Å². The first-order chi connectivity index (χ1) is 5.83. The first kappa shape index (κ1) is 7.34. The van der Waals surface area contributed by atoms with Gasteiger partial charge in [-0.3, -0.25) is 9.89 Å². The molecule has 1 unspecified atom stereocenters. The Labute approximate surface area is 70.5 Å². The van der Waals surface area contributed by atoms with Crippen molar-refractivity contribution in [3.8, 4) is 0 Å². The molecule has 1 atom stereocenters. The zero-order chi connectivity index (χ0) is 8.55. The number of rotatable bonds is 1. The average molecular weight is 166 g/mol. The summed E-state index contributed by atoms with van der Waals surface area (Å²) in [6, 6.07) is -0.0171. The Kier molecular flexibility index (Phi) is 1.60. The Morgan fingerprint density at radius 3 is 3.00 bits per heavy atom. The van der Waals surface area contributed by atoms with Crippen molar-refractivity contribution in [1.29, 1.82) is 0 Å². The minimum Gasteiger partial charge on any atom is -0.447 e. The van der Waals surface area contributed by atoms with Gasteiger partial charge in [-0.2, -0.15) is 0 Å². The maximum absolute atomic E-state index is 11.2. The van der Waals surface area contributed by atoms with E-state index in [9.17, 15) is 4.79 Å². The molecular weight excluding hydrogens is 156 g/mol. The molecule has 2 aliphatic heterocycles. The first-order valence-corrected chi connectivity index (χ1v) is 3.95. The van der Waals surface area contributed by atoms with Crippen LogP contribution in [0.25, 0.3) is 0 Å². The summed E-state index contributed by atoms with van der Waals surface area (Å²) in [7, 11) is 0. The van der Waals surface area contributed by atoms with Crippen molar-refractivity contribution >= 4 is 11.9 Å². The summed E-state index contributed by atoms with van der Waals surface area (Å²) in [6.07, 6.45) is 2.30. The van der Waals surface area contributed by atoms with Crippen molar-refractivity contribution in [1.82, 2.24) is 4.90 Å². The molecule has 0 spiro atoms. The highest BCUT2D eigenvalue weighted by molar-refractivity contribution is 5.99. The van der Waals surface area contributed by atoms with E-state index in [-0.39, 0.29) is 12.1 Å². The van der Waals surface area contributed by atoms with E-state index in [1.165, 1.54) is 0 Å². The fourth-order valence-corrected chi connectivity index (χ4v) is 1.31. The van der Waals surface area contributed by atoms with Gasteiger partial charge >= 0.3 is 6.09 Å². The molecule has 2 aliphatic rings. The van der Waals surface area contributed by atoms with Crippen molar-refractivity contribution in [3.05, 3.63) is 12.7 Å². The standard InChI is InChI=1S/C8H10N2O2/c1-2-6-5-12-8(11)10(6)7-3-4-9-7/h2,6H,1,3-5H2. The SMILES string of the molecule is C=CC1COC(=O)N1C1=NCC1. The number of ether oxygens (including phenoxy) is 1. The van der Waals surface area contributed by atoms with Crippen LogP contribution >= 0.6 is 0 Å². The smallest absolute Gasteiger partial charge is 0.415 e. The van der Waals surface area contributed by atoms with Crippen LogP contribution in [-0.2, 0) is 4.74 Å². The first-order valence-electron chi connectivity index (χ1n) is 3.95. The molecule has 0 bridgehead atoms. The van der Waals surface area contributed by atoms with Gasteiger partial charge in [0.2, 0.25) is 0 Å². The molecule has 0 saturated carbocycles. The van der Waals surface area contributed by atoms with E-state index >= 15 is 0 Å². The summed E-state index contributed by atoms with van der Waals surface area (Å²) in [6.45, 7) is 4.87. The molecule has 64 valence electrons. The average Bonchev–Trinajstić information content (AvgIpc) is 2.30. The van der Waals surface area contributed by atoms with Crippen molar-refractivity contribution in [2.24, 2.45) is 4.99 Å². The molecule has 0 aliphatic carbocycles. The lowest BCUT2D eigenvalue weighted by Crippen LogP contribution is -2.41. The summed E-state index contributed by atoms with van der Waals surface area (Å²) in [5, 5.41) is 0. The molecular formula is C8H10N2O2. The van der Waals surface area contributed by atoms with Gasteiger partial charge in [0.1, 0.15) is 12.4 Å². The van der Waals surface area contributed by atoms with Gasteiger partial charge in [0.05, 0.1) is 6.04 Å². The van der Waals surface area contributed by atoms with Crippen LogP contribution in [0, 0.1) is 0 Å². The lowest BCUT2D eigenvalue weighted by atomic mass is 10.2. The largest absolute Gasteiger partial charge is 0.447 e. The fourth-order valence-electron chi connectivity index (χ4n) is 1.31. The maximum atomic E-state index is 11.2. The van der Waals surface area contributed by atoms with Crippen LogP contribution in [0.5, 0.6) is 0 Å². The second-order valence-corrected chi connectivity index (χ2v) is 2.80. The number of carbonyl (C=O) groups excluding carboxylic acids is 1. The normalized spacial score (nSPS) is 27.7. The summed E-state index contributed by atoms with van der Waals surface area (Å²) in [4.78, 5) is 16.8. The highest BCUT2D eigenvalue weighted by atomic mass is 16.6. The Bertz CT molecular complexity index is 260. The second-order valence-electron chi connectivity index (χ2n) is 2.80. The molecule has 0 radical (unpaired) electrons. The monoisotopic (exact) mass is 166 g/mol.